The molecular weight excluding hydrogens is 1060 g/mol. The monoisotopic (exact) mass is 1150 g/mol. The second-order valence-corrected chi connectivity index (χ2v) is 26.9. The van der Waals surface area contributed by atoms with Gasteiger partial charge < -0.3 is 58.1 Å². The topological polar surface area (TPSA) is 229 Å². The molecule has 1 saturated heterocycles. The van der Waals surface area contributed by atoms with Gasteiger partial charge in [0.15, 0.2) is 17.3 Å². The number of aryl methyl sites for hydroxylation is 2. The first kappa shape index (κ1) is 60.6. The van der Waals surface area contributed by atoms with E-state index in [4.69, 9.17) is 16.2 Å². The molecule has 3 aromatic carbocycles. The maximum absolute atomic E-state index is 14.6. The number of Topliss-reactive ketones (excluding diaryl/α,β-unsaturated/α-hetero) is 1. The number of nitrogens with one attached hydrogen (secondary N) is 5. The standard InChI is InChI=1S/C71H94N8O6/c1-45(81)41-78-66-40-70(39-62-59-21-25-74-42-54(59)30-52-14-8-23-75-68(52)62)37-50-17-18-65(70)71(66)22-19-48(38-71)20-26-77-69(73)76-24-7-13-51(28-49-12-6-11-47(27-49)16-15-46-9-4-3-5-10-46)61-36-67(72)79-43-55(61)31-53-33-63(84)64(85-2)35-60(53)56(44-80)32-58(83)34-57(82)29-50/h3-6,8-12,14,27,32-33,35-36,43,45,48,50-52,54,59,62,65-68,74-75,78-81,84H,13,15-23,25-26,28-31,34,37-42,44,72H2,1-2H3,(H3,73,76,77)/b56-32+/t45-,48-,50+,51+,52-,54+,59-,62+,65+,66+,67?,68+,70-,71-/m0/s1. The van der Waals surface area contributed by atoms with Crippen LogP contribution in [-0.4, -0.2) is 104 Å². The molecule has 85 heavy (non-hydrogen) atoms. The van der Waals surface area contributed by atoms with Gasteiger partial charge in [0.25, 0.3) is 0 Å². The van der Waals surface area contributed by atoms with Crippen molar-refractivity contribution in [3.8, 4) is 23.5 Å². The predicted molar refractivity (Wildman–Crippen MR) is 337 cm³/mol. The largest absolute Gasteiger partial charge is 0.504 e. The number of phenols is 1. The number of rotatable bonds is 12. The number of piperidine rings is 1. The van der Waals surface area contributed by atoms with Gasteiger partial charge in [-0.15, -0.1) is 0 Å². The summed E-state index contributed by atoms with van der Waals surface area (Å²) in [5.41, 5.74) is 20.5. The minimum Gasteiger partial charge on any atom is -0.504 e. The van der Waals surface area contributed by atoms with Crippen LogP contribution in [0.3, 0.4) is 0 Å². The summed E-state index contributed by atoms with van der Waals surface area (Å²) < 4.78 is 5.64. The lowest BCUT2D eigenvalue weighted by Crippen LogP contribution is -2.57. The molecule has 1 unspecified atom stereocenters. The zero-order chi connectivity index (χ0) is 59.1. The number of hydrogen-bond acceptors (Lipinski definition) is 14. The number of carbonyl (C=O) groups excluding carboxylic acids is 2. The van der Waals surface area contributed by atoms with Crippen LogP contribution in [0.25, 0.3) is 5.57 Å². The number of phenolic OH excluding ortho intramolecular Hbond substituents is 1. The molecule has 14 atom stereocenters. The highest BCUT2D eigenvalue weighted by molar-refractivity contribution is 6.08. The van der Waals surface area contributed by atoms with Crippen LogP contribution >= 0.6 is 0 Å². The molecule has 14 heteroatoms. The fraction of sp³-hybridized carbons (Fsp3) is 0.563. The highest BCUT2D eigenvalue weighted by Crippen LogP contribution is 2.70. The minimum atomic E-state index is -0.478. The van der Waals surface area contributed by atoms with Gasteiger partial charge >= 0.3 is 0 Å². The first-order valence-corrected chi connectivity index (χ1v) is 32.2. The van der Waals surface area contributed by atoms with E-state index in [9.17, 15) is 24.9 Å². The molecule has 12 rings (SSSR count). The van der Waals surface area contributed by atoms with Crippen molar-refractivity contribution in [2.24, 2.45) is 74.6 Å². The number of fused-ring (bicyclic) bond motifs is 13. The van der Waals surface area contributed by atoms with Crippen LogP contribution in [0.5, 0.6) is 11.5 Å². The summed E-state index contributed by atoms with van der Waals surface area (Å²) in [5, 5.41) is 52.0. The molecule has 0 amide bonds. The number of aromatic hydroxyl groups is 1. The molecule has 454 valence electrons. The first-order chi connectivity index (χ1) is 41.3. The molecule has 0 aromatic heterocycles. The van der Waals surface area contributed by atoms with E-state index in [1.165, 1.54) is 37.2 Å². The van der Waals surface area contributed by atoms with Gasteiger partial charge in [-0.25, -0.2) is 0 Å². The van der Waals surface area contributed by atoms with E-state index < -0.39 is 18.9 Å². The van der Waals surface area contributed by atoms with E-state index >= 15 is 0 Å². The Kier molecular flexibility index (Phi) is 19.5. The summed E-state index contributed by atoms with van der Waals surface area (Å²) in [5.74, 6) is 6.61. The van der Waals surface area contributed by atoms with Crippen molar-refractivity contribution >= 4 is 23.1 Å². The van der Waals surface area contributed by atoms with Crippen LogP contribution in [0.1, 0.15) is 125 Å². The number of nitrogens with zero attached hydrogens (tertiary/aromatic N) is 1. The molecule has 12 N–H and O–H groups in total. The molecule has 9 aliphatic rings. The second-order valence-electron chi connectivity index (χ2n) is 26.9. The summed E-state index contributed by atoms with van der Waals surface area (Å²) in [6.45, 7) is 5.67. The van der Waals surface area contributed by atoms with Gasteiger partial charge in [-0.3, -0.25) is 9.59 Å². The number of methoxy groups -OCH3 is 1. The molecule has 14 nitrogen and oxygen atoms in total. The molecular formula is C71H94N8O6. The van der Waals surface area contributed by atoms with Crippen molar-refractivity contribution in [3.05, 3.63) is 136 Å². The summed E-state index contributed by atoms with van der Waals surface area (Å²) in [4.78, 5) is 33.5. The number of aliphatic hydroxyl groups excluding tert-OH is 2. The Balaban J connectivity index is 0.928. The quantitative estimate of drug-likeness (QED) is 0.0473. The summed E-state index contributed by atoms with van der Waals surface area (Å²) >= 11 is 0. The highest BCUT2D eigenvalue weighted by Gasteiger charge is 2.65. The molecule has 4 saturated carbocycles. The third-order valence-corrected chi connectivity index (χ3v) is 21.5. The summed E-state index contributed by atoms with van der Waals surface area (Å²) in [7, 11) is 1.48. The van der Waals surface area contributed by atoms with Crippen LogP contribution in [0.15, 0.2) is 113 Å². The van der Waals surface area contributed by atoms with E-state index in [2.05, 4.69) is 104 Å². The van der Waals surface area contributed by atoms with Gasteiger partial charge in [0.05, 0.1) is 32.4 Å². The Hall–Kier alpha value is -6.05. The van der Waals surface area contributed by atoms with Crippen molar-refractivity contribution in [2.75, 3.05) is 46.4 Å². The fourth-order valence-electron chi connectivity index (χ4n) is 18.0. The van der Waals surface area contributed by atoms with Gasteiger partial charge in [0, 0.05) is 56.8 Å². The van der Waals surface area contributed by atoms with Gasteiger partial charge in [0.1, 0.15) is 5.78 Å². The number of ether oxygens (including phenoxy) is 1. The van der Waals surface area contributed by atoms with Crippen LogP contribution < -0.4 is 42.8 Å². The minimum absolute atomic E-state index is 0.0196. The molecule has 4 aliphatic carbocycles. The summed E-state index contributed by atoms with van der Waals surface area (Å²) in [6, 6.07) is 26.3. The van der Waals surface area contributed by atoms with Crippen molar-refractivity contribution in [3.63, 3.8) is 0 Å². The molecule has 5 bridgehead atoms. The van der Waals surface area contributed by atoms with Crippen molar-refractivity contribution in [1.29, 1.82) is 0 Å². The summed E-state index contributed by atoms with van der Waals surface area (Å²) in [6.07, 6.45) is 24.4. The van der Waals surface area contributed by atoms with Crippen molar-refractivity contribution in [1.82, 2.24) is 26.6 Å². The number of guanidine groups is 1. The van der Waals surface area contributed by atoms with E-state index in [1.807, 2.05) is 25.3 Å². The van der Waals surface area contributed by atoms with Gasteiger partial charge in [-0.2, -0.15) is 4.99 Å². The Labute approximate surface area is 504 Å². The van der Waals surface area contributed by atoms with E-state index in [-0.39, 0.29) is 58.2 Å². The van der Waals surface area contributed by atoms with Gasteiger partial charge in [0.2, 0.25) is 5.96 Å². The SMILES string of the molecule is COc1cc2c(cc1O)CC1=CNC(N)C=C1[C@@H](Cc1cccc(CCc3ccccc3)c1)CC#CN=C(N)NCC[C@@H]1CC[C@]3(C1)[C@@H]1CC[C@H](CC(=O)CC(=O)/C=C/2CO)C[C@]1(C[C@@H]1[C@H]2CCNC[C@H]2C[C@@H]2C=CCN[C@@H]12)C[C@H]3NC[C@H](C)O. The lowest BCUT2D eigenvalue weighted by Gasteiger charge is -2.55. The molecule has 3 aromatic rings. The number of ketones is 2. The molecule has 0 radical (unpaired) electrons. The number of hydrogen-bond donors (Lipinski definition) is 10. The molecule has 1 spiro atoms. The van der Waals surface area contributed by atoms with Crippen molar-refractivity contribution in [2.45, 2.75) is 147 Å². The zero-order valence-corrected chi connectivity index (χ0v) is 50.3. The number of allylic oxidation sites excluding steroid dienone is 3. The lowest BCUT2D eigenvalue weighted by molar-refractivity contribution is -0.126. The Bertz CT molecular complexity index is 3090. The zero-order valence-electron chi connectivity index (χ0n) is 50.3. The Morgan fingerprint density at radius 2 is 1.78 bits per heavy atom. The smallest absolute Gasteiger partial charge is 0.202 e. The number of benzene rings is 3. The third-order valence-electron chi connectivity index (χ3n) is 21.5. The third kappa shape index (κ3) is 14.0. The fourth-order valence-corrected chi connectivity index (χ4v) is 18.0. The number of carbonyl (C=O) groups is 2. The van der Waals surface area contributed by atoms with Crippen LogP contribution in [0.2, 0.25) is 0 Å². The normalized spacial score (nSPS) is 33.5. The number of aliphatic hydroxyl groups is 2. The number of nitrogens with two attached hydrogens (primary N) is 2. The number of aliphatic imine (C=N–C) groups is 1. The average molecular weight is 1160 g/mol. The van der Waals surface area contributed by atoms with E-state index in [1.54, 1.807) is 12.1 Å². The molecule has 5 aliphatic heterocycles. The van der Waals surface area contributed by atoms with E-state index in [0.717, 1.165) is 107 Å². The molecule has 5 fully saturated rings. The van der Waals surface area contributed by atoms with Crippen LogP contribution in [0, 0.1) is 70.1 Å². The maximum atomic E-state index is 14.6. The van der Waals surface area contributed by atoms with Gasteiger partial charge in [-0.05, 0) is 243 Å². The van der Waals surface area contributed by atoms with Crippen LogP contribution in [0.4, 0.5) is 0 Å². The second kappa shape index (κ2) is 27.3. The van der Waals surface area contributed by atoms with Crippen molar-refractivity contribution < 1.29 is 29.6 Å². The van der Waals surface area contributed by atoms with Crippen LogP contribution in [-0.2, 0) is 35.3 Å². The molecule has 5 heterocycles. The predicted octanol–water partition coefficient (Wildman–Crippen LogP) is 7.95. The Morgan fingerprint density at radius 3 is 2.61 bits per heavy atom. The highest BCUT2D eigenvalue weighted by atomic mass is 16.5. The first-order valence-electron chi connectivity index (χ1n) is 32.2. The van der Waals surface area contributed by atoms with Gasteiger partial charge in [-0.1, -0.05) is 72.7 Å². The maximum Gasteiger partial charge on any atom is 0.202 e. The Morgan fingerprint density at radius 1 is 0.941 bits per heavy atom. The lowest BCUT2D eigenvalue weighted by atomic mass is 9.52. The van der Waals surface area contributed by atoms with E-state index in [0.29, 0.717) is 103 Å². The average Bonchev–Trinajstić information content (AvgIpc) is 1.82. The number of dihydropyridines is 1.